The Bertz CT molecular complexity index is 700. The normalized spacial score (nSPS) is 11.5. The standard InChI is InChI=1S/C16H16N2O4/c1-11(14-8-3-4-9-15(14)22-2)17-16(19)12-6-5-7-13(10-12)18(20)21/h3-11H,1-2H3,(H,17,19)/t11-/m1/s1. The van der Waals surface area contributed by atoms with Gasteiger partial charge in [0.15, 0.2) is 0 Å². The molecule has 0 heterocycles. The summed E-state index contributed by atoms with van der Waals surface area (Å²) in [6.07, 6.45) is 0. The molecule has 1 N–H and O–H groups in total. The summed E-state index contributed by atoms with van der Waals surface area (Å²) in [7, 11) is 1.56. The molecule has 0 aliphatic heterocycles. The maximum absolute atomic E-state index is 12.2. The monoisotopic (exact) mass is 300 g/mol. The van der Waals surface area contributed by atoms with E-state index in [1.807, 2.05) is 31.2 Å². The second kappa shape index (κ2) is 6.71. The van der Waals surface area contributed by atoms with E-state index in [4.69, 9.17) is 4.74 Å². The second-order valence-corrected chi connectivity index (χ2v) is 4.74. The van der Waals surface area contributed by atoms with E-state index >= 15 is 0 Å². The predicted molar refractivity (Wildman–Crippen MR) is 82.0 cm³/mol. The molecule has 2 aromatic carbocycles. The fraction of sp³-hybridized carbons (Fsp3) is 0.188. The van der Waals surface area contributed by atoms with Crippen LogP contribution in [0.5, 0.6) is 5.75 Å². The van der Waals surface area contributed by atoms with Crippen molar-refractivity contribution < 1.29 is 14.5 Å². The maximum atomic E-state index is 12.2. The number of carbonyl (C=O) groups is 1. The number of non-ortho nitro benzene ring substituents is 1. The first kappa shape index (κ1) is 15.5. The van der Waals surface area contributed by atoms with Crippen LogP contribution in [0.4, 0.5) is 5.69 Å². The highest BCUT2D eigenvalue weighted by atomic mass is 16.6. The lowest BCUT2D eigenvalue weighted by atomic mass is 10.1. The smallest absolute Gasteiger partial charge is 0.270 e. The summed E-state index contributed by atoms with van der Waals surface area (Å²) in [5, 5.41) is 13.6. The highest BCUT2D eigenvalue weighted by molar-refractivity contribution is 5.95. The van der Waals surface area contributed by atoms with Gasteiger partial charge in [-0.05, 0) is 19.1 Å². The molecule has 22 heavy (non-hydrogen) atoms. The number of para-hydroxylation sites is 1. The van der Waals surface area contributed by atoms with Gasteiger partial charge in [-0.3, -0.25) is 14.9 Å². The number of nitro benzene ring substituents is 1. The Hall–Kier alpha value is -2.89. The molecule has 114 valence electrons. The van der Waals surface area contributed by atoms with Gasteiger partial charge < -0.3 is 10.1 Å². The molecule has 0 bridgehead atoms. The number of methoxy groups -OCH3 is 1. The van der Waals surface area contributed by atoms with E-state index in [1.165, 1.54) is 24.3 Å². The van der Waals surface area contributed by atoms with Crippen LogP contribution in [-0.4, -0.2) is 17.9 Å². The Morgan fingerprint density at radius 1 is 1.23 bits per heavy atom. The van der Waals surface area contributed by atoms with Gasteiger partial charge in [-0.25, -0.2) is 0 Å². The first-order valence-electron chi connectivity index (χ1n) is 6.71. The molecule has 0 unspecified atom stereocenters. The number of rotatable bonds is 5. The summed E-state index contributed by atoms with van der Waals surface area (Å²) < 4.78 is 5.26. The number of benzene rings is 2. The third-order valence-electron chi connectivity index (χ3n) is 3.27. The van der Waals surface area contributed by atoms with Gasteiger partial charge >= 0.3 is 0 Å². The van der Waals surface area contributed by atoms with Gasteiger partial charge in [0.1, 0.15) is 5.75 Å². The van der Waals surface area contributed by atoms with Crippen molar-refractivity contribution in [3.05, 3.63) is 69.8 Å². The largest absolute Gasteiger partial charge is 0.496 e. The number of hydrogen-bond donors (Lipinski definition) is 1. The molecule has 6 nitrogen and oxygen atoms in total. The molecule has 0 spiro atoms. The molecule has 0 aliphatic rings. The zero-order valence-corrected chi connectivity index (χ0v) is 12.3. The summed E-state index contributed by atoms with van der Waals surface area (Å²) in [6, 6.07) is 12.7. The Kier molecular flexibility index (Phi) is 4.73. The van der Waals surface area contributed by atoms with Crippen LogP contribution >= 0.6 is 0 Å². The molecule has 1 amide bonds. The van der Waals surface area contributed by atoms with E-state index in [1.54, 1.807) is 7.11 Å². The number of amides is 1. The highest BCUT2D eigenvalue weighted by Crippen LogP contribution is 2.24. The van der Waals surface area contributed by atoms with Crippen LogP contribution in [0.3, 0.4) is 0 Å². The predicted octanol–water partition coefficient (Wildman–Crippen LogP) is 3.09. The van der Waals surface area contributed by atoms with Crippen molar-refractivity contribution in [3.63, 3.8) is 0 Å². The molecule has 0 saturated carbocycles. The third-order valence-corrected chi connectivity index (χ3v) is 3.27. The van der Waals surface area contributed by atoms with E-state index in [2.05, 4.69) is 5.32 Å². The minimum absolute atomic E-state index is 0.113. The number of nitrogens with one attached hydrogen (secondary N) is 1. The van der Waals surface area contributed by atoms with E-state index in [-0.39, 0.29) is 23.2 Å². The number of ether oxygens (including phenoxy) is 1. The second-order valence-electron chi connectivity index (χ2n) is 4.74. The lowest BCUT2D eigenvalue weighted by Crippen LogP contribution is -2.26. The fourth-order valence-electron chi connectivity index (χ4n) is 2.14. The van der Waals surface area contributed by atoms with Crippen molar-refractivity contribution in [1.82, 2.24) is 5.32 Å². The molecule has 0 radical (unpaired) electrons. The van der Waals surface area contributed by atoms with Gasteiger partial charge in [-0.1, -0.05) is 24.3 Å². The Morgan fingerprint density at radius 2 is 1.95 bits per heavy atom. The van der Waals surface area contributed by atoms with Crippen molar-refractivity contribution in [2.24, 2.45) is 0 Å². The molecule has 0 aliphatic carbocycles. The van der Waals surface area contributed by atoms with Crippen LogP contribution < -0.4 is 10.1 Å². The SMILES string of the molecule is COc1ccccc1[C@@H](C)NC(=O)c1cccc([N+](=O)[O-])c1. The number of hydrogen-bond acceptors (Lipinski definition) is 4. The number of nitrogens with zero attached hydrogens (tertiary/aromatic N) is 1. The Labute approximate surface area is 127 Å². The van der Waals surface area contributed by atoms with Crippen LogP contribution in [0.1, 0.15) is 28.9 Å². The third kappa shape index (κ3) is 3.41. The van der Waals surface area contributed by atoms with Crippen molar-refractivity contribution in [1.29, 1.82) is 0 Å². The number of carbonyl (C=O) groups excluding carboxylic acids is 1. The van der Waals surface area contributed by atoms with Crippen LogP contribution in [0.2, 0.25) is 0 Å². The van der Waals surface area contributed by atoms with E-state index in [0.29, 0.717) is 5.75 Å². The van der Waals surface area contributed by atoms with E-state index in [9.17, 15) is 14.9 Å². The average molecular weight is 300 g/mol. The van der Waals surface area contributed by atoms with Gasteiger partial charge in [0.05, 0.1) is 18.1 Å². The van der Waals surface area contributed by atoms with Gasteiger partial charge in [0.25, 0.3) is 11.6 Å². The quantitative estimate of drug-likeness (QED) is 0.679. The van der Waals surface area contributed by atoms with E-state index < -0.39 is 4.92 Å². The average Bonchev–Trinajstić information content (AvgIpc) is 2.54. The number of nitro groups is 1. The van der Waals surface area contributed by atoms with Crippen molar-refractivity contribution in [2.45, 2.75) is 13.0 Å². The van der Waals surface area contributed by atoms with Gasteiger partial charge in [-0.2, -0.15) is 0 Å². The Balaban J connectivity index is 2.18. The first-order chi connectivity index (χ1) is 10.5. The maximum Gasteiger partial charge on any atom is 0.270 e. The lowest BCUT2D eigenvalue weighted by molar-refractivity contribution is -0.384. The lowest BCUT2D eigenvalue weighted by Gasteiger charge is -2.17. The summed E-state index contributed by atoms with van der Waals surface area (Å²) in [5.74, 6) is 0.302. The molecule has 2 aromatic rings. The molecular formula is C16H16N2O4. The summed E-state index contributed by atoms with van der Waals surface area (Å²) >= 11 is 0. The highest BCUT2D eigenvalue weighted by Gasteiger charge is 2.16. The van der Waals surface area contributed by atoms with Gasteiger partial charge in [0, 0.05) is 23.3 Å². The van der Waals surface area contributed by atoms with Gasteiger partial charge in [-0.15, -0.1) is 0 Å². The summed E-state index contributed by atoms with van der Waals surface area (Å²) in [4.78, 5) is 22.5. The molecule has 0 saturated heterocycles. The first-order valence-corrected chi connectivity index (χ1v) is 6.71. The summed E-state index contributed by atoms with van der Waals surface area (Å²) in [6.45, 7) is 1.83. The van der Waals surface area contributed by atoms with Crippen LogP contribution in [-0.2, 0) is 0 Å². The molecular weight excluding hydrogens is 284 g/mol. The van der Waals surface area contributed by atoms with Crippen molar-refractivity contribution in [2.75, 3.05) is 7.11 Å². The topological polar surface area (TPSA) is 81.5 Å². The minimum atomic E-state index is -0.527. The molecule has 0 fully saturated rings. The van der Waals surface area contributed by atoms with Crippen LogP contribution in [0.25, 0.3) is 0 Å². The van der Waals surface area contributed by atoms with E-state index in [0.717, 1.165) is 5.56 Å². The molecule has 1 atom stereocenters. The van der Waals surface area contributed by atoms with Crippen molar-refractivity contribution in [3.8, 4) is 5.75 Å². The molecule has 0 aromatic heterocycles. The minimum Gasteiger partial charge on any atom is -0.496 e. The van der Waals surface area contributed by atoms with Crippen LogP contribution in [0.15, 0.2) is 48.5 Å². The zero-order valence-electron chi connectivity index (χ0n) is 12.3. The fourth-order valence-corrected chi connectivity index (χ4v) is 2.14. The molecule has 2 rings (SSSR count). The van der Waals surface area contributed by atoms with Crippen LogP contribution in [0, 0.1) is 10.1 Å². The Morgan fingerprint density at radius 3 is 2.64 bits per heavy atom. The molecule has 6 heteroatoms. The summed E-state index contributed by atoms with van der Waals surface area (Å²) in [5.41, 5.74) is 0.970. The van der Waals surface area contributed by atoms with Crippen molar-refractivity contribution >= 4 is 11.6 Å². The zero-order chi connectivity index (χ0) is 16.1. The van der Waals surface area contributed by atoms with Gasteiger partial charge in [0.2, 0.25) is 0 Å².